The van der Waals surface area contributed by atoms with Gasteiger partial charge in [-0.25, -0.2) is 0 Å². The number of phenolic OH excluding ortho intramolecular Hbond substituents is 1. The van der Waals surface area contributed by atoms with E-state index in [9.17, 15) is 5.11 Å². The van der Waals surface area contributed by atoms with Crippen LogP contribution in [0.5, 0.6) is 11.5 Å². The molecular formula is C16H18ClNO2. The fourth-order valence-corrected chi connectivity index (χ4v) is 2.06. The highest BCUT2D eigenvalue weighted by atomic mass is 35.5. The van der Waals surface area contributed by atoms with Crippen LogP contribution in [0, 0.1) is 0 Å². The fraction of sp³-hybridized carbons (Fsp3) is 0.250. The van der Waals surface area contributed by atoms with E-state index >= 15 is 0 Å². The molecular weight excluding hydrogens is 274 g/mol. The van der Waals surface area contributed by atoms with Gasteiger partial charge >= 0.3 is 0 Å². The Bertz CT molecular complexity index is 584. The summed E-state index contributed by atoms with van der Waals surface area (Å²) < 4.78 is 5.74. The van der Waals surface area contributed by atoms with Gasteiger partial charge in [-0.05, 0) is 32.0 Å². The van der Waals surface area contributed by atoms with E-state index in [0.717, 1.165) is 17.0 Å². The quantitative estimate of drug-likeness (QED) is 0.855. The highest BCUT2D eigenvalue weighted by molar-refractivity contribution is 6.32. The molecule has 0 aliphatic carbocycles. The lowest BCUT2D eigenvalue weighted by Crippen LogP contribution is -2.08. The summed E-state index contributed by atoms with van der Waals surface area (Å²) in [5.74, 6) is 0.910. The van der Waals surface area contributed by atoms with Gasteiger partial charge in [-0.1, -0.05) is 35.9 Å². The van der Waals surface area contributed by atoms with E-state index in [2.05, 4.69) is 5.32 Å². The van der Waals surface area contributed by atoms with Crippen LogP contribution in [0.15, 0.2) is 42.5 Å². The molecule has 3 nitrogen and oxygen atoms in total. The molecule has 4 heteroatoms. The van der Waals surface area contributed by atoms with Gasteiger partial charge in [-0.3, -0.25) is 0 Å². The van der Waals surface area contributed by atoms with Crippen LogP contribution in [0.4, 0.5) is 5.69 Å². The van der Waals surface area contributed by atoms with Crippen LogP contribution < -0.4 is 10.1 Å². The average molecular weight is 292 g/mol. The summed E-state index contributed by atoms with van der Waals surface area (Å²) in [5, 5.41) is 13.5. The van der Waals surface area contributed by atoms with Crippen LogP contribution in [0.25, 0.3) is 0 Å². The number of rotatable bonds is 5. The van der Waals surface area contributed by atoms with Gasteiger partial charge in [0.15, 0.2) is 0 Å². The Morgan fingerprint density at radius 1 is 1.15 bits per heavy atom. The van der Waals surface area contributed by atoms with E-state index in [1.807, 2.05) is 50.2 Å². The summed E-state index contributed by atoms with van der Waals surface area (Å²) >= 11 is 5.89. The molecule has 0 saturated carbocycles. The number of anilines is 1. The molecule has 2 aromatic carbocycles. The van der Waals surface area contributed by atoms with E-state index < -0.39 is 0 Å². The molecule has 0 radical (unpaired) electrons. The van der Waals surface area contributed by atoms with Crippen molar-refractivity contribution >= 4 is 17.3 Å². The van der Waals surface area contributed by atoms with Crippen molar-refractivity contribution in [1.29, 1.82) is 0 Å². The number of para-hydroxylation sites is 3. The number of hydrogen-bond acceptors (Lipinski definition) is 3. The first kappa shape index (κ1) is 14.5. The predicted octanol–water partition coefficient (Wildman–Crippen LogP) is 4.44. The van der Waals surface area contributed by atoms with Crippen molar-refractivity contribution in [2.24, 2.45) is 0 Å². The number of benzene rings is 2. The second kappa shape index (κ2) is 6.53. The summed E-state index contributed by atoms with van der Waals surface area (Å²) in [6.07, 6.45) is 0.109. The summed E-state index contributed by atoms with van der Waals surface area (Å²) in [7, 11) is 0. The van der Waals surface area contributed by atoms with Gasteiger partial charge in [0.2, 0.25) is 0 Å². The summed E-state index contributed by atoms with van der Waals surface area (Å²) in [6, 6.07) is 13.0. The van der Waals surface area contributed by atoms with E-state index in [4.69, 9.17) is 16.3 Å². The molecule has 0 saturated heterocycles. The van der Waals surface area contributed by atoms with E-state index in [1.54, 1.807) is 6.07 Å². The van der Waals surface area contributed by atoms with Crippen molar-refractivity contribution in [1.82, 2.24) is 0 Å². The molecule has 0 bridgehead atoms. The molecule has 2 aromatic rings. The molecule has 0 amide bonds. The standard InChI is InChI=1S/C16H18ClNO2/c1-11(2)20-15-9-4-3-8-14(15)18-10-12-6-5-7-13(17)16(12)19/h3-9,11,18-19H,10H2,1-2H3. The van der Waals surface area contributed by atoms with Crippen molar-refractivity contribution in [3.63, 3.8) is 0 Å². The molecule has 0 atom stereocenters. The minimum atomic E-state index is 0.109. The number of ether oxygens (including phenoxy) is 1. The van der Waals surface area contributed by atoms with Crippen LogP contribution in [0.2, 0.25) is 5.02 Å². The fourth-order valence-electron chi connectivity index (χ4n) is 1.86. The monoisotopic (exact) mass is 291 g/mol. The third-order valence-corrected chi connectivity index (χ3v) is 3.09. The van der Waals surface area contributed by atoms with E-state index in [0.29, 0.717) is 11.6 Å². The molecule has 0 aliphatic rings. The van der Waals surface area contributed by atoms with Crippen LogP contribution >= 0.6 is 11.6 Å². The second-order valence-electron chi connectivity index (χ2n) is 4.76. The average Bonchev–Trinajstić information content (AvgIpc) is 2.41. The van der Waals surface area contributed by atoms with Crippen LogP contribution in [-0.4, -0.2) is 11.2 Å². The van der Waals surface area contributed by atoms with Gasteiger partial charge in [-0.2, -0.15) is 0 Å². The van der Waals surface area contributed by atoms with Crippen LogP contribution in [0.1, 0.15) is 19.4 Å². The number of phenols is 1. The van der Waals surface area contributed by atoms with Crippen molar-refractivity contribution in [3.8, 4) is 11.5 Å². The summed E-state index contributed by atoms with van der Waals surface area (Å²) in [6.45, 7) is 4.45. The molecule has 20 heavy (non-hydrogen) atoms. The number of halogens is 1. The molecule has 0 spiro atoms. The highest BCUT2D eigenvalue weighted by Crippen LogP contribution is 2.29. The Hall–Kier alpha value is -1.87. The topological polar surface area (TPSA) is 41.5 Å². The molecule has 0 aliphatic heterocycles. The van der Waals surface area contributed by atoms with Gasteiger partial charge in [0.25, 0.3) is 0 Å². The van der Waals surface area contributed by atoms with Gasteiger partial charge in [-0.15, -0.1) is 0 Å². The molecule has 2 rings (SSSR count). The Morgan fingerprint density at radius 3 is 2.65 bits per heavy atom. The molecule has 0 heterocycles. The first-order valence-corrected chi connectivity index (χ1v) is 6.91. The Labute approximate surface area is 124 Å². The Kier molecular flexibility index (Phi) is 4.74. The third-order valence-electron chi connectivity index (χ3n) is 2.79. The van der Waals surface area contributed by atoms with E-state index in [1.165, 1.54) is 0 Å². The molecule has 0 unspecified atom stereocenters. The highest BCUT2D eigenvalue weighted by Gasteiger charge is 2.07. The number of aromatic hydroxyl groups is 1. The normalized spacial score (nSPS) is 10.6. The lowest BCUT2D eigenvalue weighted by atomic mass is 10.2. The van der Waals surface area contributed by atoms with Crippen molar-refractivity contribution < 1.29 is 9.84 Å². The van der Waals surface area contributed by atoms with Crippen molar-refractivity contribution in [2.75, 3.05) is 5.32 Å². The Balaban J connectivity index is 2.13. The maximum Gasteiger partial charge on any atom is 0.142 e. The maximum absolute atomic E-state index is 9.89. The first-order chi connectivity index (χ1) is 9.58. The number of nitrogens with one attached hydrogen (secondary N) is 1. The summed E-state index contributed by atoms with van der Waals surface area (Å²) in [5.41, 5.74) is 1.64. The third kappa shape index (κ3) is 3.58. The zero-order chi connectivity index (χ0) is 14.5. The number of hydrogen-bond donors (Lipinski definition) is 2. The van der Waals surface area contributed by atoms with Crippen LogP contribution in [0.3, 0.4) is 0 Å². The molecule has 0 fully saturated rings. The predicted molar refractivity (Wildman–Crippen MR) is 82.6 cm³/mol. The largest absolute Gasteiger partial charge is 0.506 e. The van der Waals surface area contributed by atoms with Gasteiger partial charge in [0.1, 0.15) is 11.5 Å². The zero-order valence-electron chi connectivity index (χ0n) is 11.6. The van der Waals surface area contributed by atoms with Gasteiger partial charge < -0.3 is 15.2 Å². The maximum atomic E-state index is 9.89. The van der Waals surface area contributed by atoms with Crippen LogP contribution in [-0.2, 0) is 6.54 Å². The van der Waals surface area contributed by atoms with Crippen molar-refractivity contribution in [3.05, 3.63) is 53.1 Å². The Morgan fingerprint density at radius 2 is 1.90 bits per heavy atom. The van der Waals surface area contributed by atoms with Gasteiger partial charge in [0, 0.05) is 12.1 Å². The molecule has 2 N–H and O–H groups in total. The lowest BCUT2D eigenvalue weighted by molar-refractivity contribution is 0.243. The SMILES string of the molecule is CC(C)Oc1ccccc1NCc1cccc(Cl)c1O. The minimum Gasteiger partial charge on any atom is -0.506 e. The minimum absolute atomic E-state index is 0.109. The zero-order valence-corrected chi connectivity index (χ0v) is 12.3. The summed E-state index contributed by atoms with van der Waals surface area (Å²) in [4.78, 5) is 0. The van der Waals surface area contributed by atoms with E-state index in [-0.39, 0.29) is 11.9 Å². The second-order valence-corrected chi connectivity index (χ2v) is 5.17. The molecule has 106 valence electrons. The smallest absolute Gasteiger partial charge is 0.142 e. The first-order valence-electron chi connectivity index (χ1n) is 6.54. The molecule has 0 aromatic heterocycles. The lowest BCUT2D eigenvalue weighted by Gasteiger charge is -2.16. The van der Waals surface area contributed by atoms with Gasteiger partial charge in [0.05, 0.1) is 16.8 Å². The van der Waals surface area contributed by atoms with Crippen molar-refractivity contribution in [2.45, 2.75) is 26.5 Å².